The Morgan fingerprint density at radius 2 is 2.10 bits per heavy atom. The molecule has 0 aliphatic heterocycles. The molecule has 0 amide bonds. The molecule has 0 fully saturated rings. The molecule has 1 aromatic carbocycles. The summed E-state index contributed by atoms with van der Waals surface area (Å²) in [6, 6.07) is 11.7. The third-order valence-electron chi connectivity index (χ3n) is 2.74. The number of hydrogen-bond acceptors (Lipinski definition) is 3. The van der Waals surface area contributed by atoms with Crippen LogP contribution in [0.15, 0.2) is 48.8 Å². The van der Waals surface area contributed by atoms with Crippen molar-refractivity contribution in [3.05, 3.63) is 54.6 Å². The van der Waals surface area contributed by atoms with Gasteiger partial charge in [-0.1, -0.05) is 0 Å². The summed E-state index contributed by atoms with van der Waals surface area (Å²) >= 11 is 5.37. The Bertz CT molecular complexity index is 637. The molecule has 0 aliphatic rings. The van der Waals surface area contributed by atoms with E-state index in [0.717, 1.165) is 11.4 Å². The normalized spacial score (nSPS) is 9.71. The van der Waals surface area contributed by atoms with Crippen molar-refractivity contribution in [2.45, 2.75) is 6.42 Å². The number of benzene rings is 1. The number of nitrogens with one attached hydrogen (secondary N) is 1. The first-order chi connectivity index (χ1) is 10.2. The minimum atomic E-state index is -0.315. The fraction of sp³-hybridized carbons (Fsp3) is 0.133. The van der Waals surface area contributed by atoms with Gasteiger partial charge in [0.25, 0.3) is 0 Å². The van der Waals surface area contributed by atoms with E-state index in [2.05, 4.69) is 16.4 Å². The van der Waals surface area contributed by atoms with Crippen molar-refractivity contribution >= 4 is 28.7 Å². The summed E-state index contributed by atoms with van der Waals surface area (Å²) in [6.45, 7) is 0.425. The molecule has 1 aromatic heterocycles. The third-order valence-corrected chi connectivity index (χ3v) is 3.07. The van der Waals surface area contributed by atoms with Gasteiger partial charge in [0, 0.05) is 18.4 Å². The number of aromatic nitrogens is 1. The van der Waals surface area contributed by atoms with Gasteiger partial charge in [0.2, 0.25) is 0 Å². The zero-order valence-electron chi connectivity index (χ0n) is 11.2. The summed E-state index contributed by atoms with van der Waals surface area (Å²) in [5.41, 5.74) is 1.49. The van der Waals surface area contributed by atoms with Gasteiger partial charge in [-0.2, -0.15) is 5.26 Å². The number of pyridine rings is 1. The monoisotopic (exact) mass is 300 g/mol. The van der Waals surface area contributed by atoms with E-state index >= 15 is 0 Å². The Balaban J connectivity index is 2.17. The van der Waals surface area contributed by atoms with E-state index in [9.17, 15) is 4.39 Å². The molecule has 4 nitrogen and oxygen atoms in total. The SMILES string of the molecule is N#CCCN(C(=S)Nc1cccnc1)c1ccc(F)cc1. The first-order valence-electron chi connectivity index (χ1n) is 6.32. The zero-order chi connectivity index (χ0) is 15.1. The number of thiocarbonyl (C=S) groups is 1. The Morgan fingerprint density at radius 1 is 1.33 bits per heavy atom. The van der Waals surface area contributed by atoms with Crippen molar-refractivity contribution in [1.29, 1.82) is 5.26 Å². The van der Waals surface area contributed by atoms with Crippen LogP contribution in [0.3, 0.4) is 0 Å². The van der Waals surface area contributed by atoms with Gasteiger partial charge in [-0.3, -0.25) is 4.98 Å². The molecule has 0 atom stereocenters. The highest BCUT2D eigenvalue weighted by molar-refractivity contribution is 7.80. The van der Waals surface area contributed by atoms with Crippen molar-refractivity contribution < 1.29 is 4.39 Å². The van der Waals surface area contributed by atoms with E-state index in [1.165, 1.54) is 12.1 Å². The summed E-state index contributed by atoms with van der Waals surface area (Å²) in [5, 5.41) is 12.3. The summed E-state index contributed by atoms with van der Waals surface area (Å²) < 4.78 is 13.0. The van der Waals surface area contributed by atoms with Crippen LogP contribution in [0.2, 0.25) is 0 Å². The Kier molecular flexibility index (Phi) is 5.18. The number of rotatable bonds is 4. The number of halogens is 1. The molecule has 0 bridgehead atoms. The predicted octanol–water partition coefficient (Wildman–Crippen LogP) is 3.34. The first-order valence-corrected chi connectivity index (χ1v) is 6.72. The lowest BCUT2D eigenvalue weighted by molar-refractivity contribution is 0.628. The van der Waals surface area contributed by atoms with Crippen LogP contribution in [-0.4, -0.2) is 16.6 Å². The minimum Gasteiger partial charge on any atom is -0.331 e. The van der Waals surface area contributed by atoms with E-state index < -0.39 is 0 Å². The van der Waals surface area contributed by atoms with Crippen LogP contribution in [-0.2, 0) is 0 Å². The molecule has 1 N–H and O–H groups in total. The van der Waals surface area contributed by atoms with E-state index in [1.807, 2.05) is 6.07 Å². The van der Waals surface area contributed by atoms with Crippen LogP contribution in [0.5, 0.6) is 0 Å². The molecule has 0 spiro atoms. The van der Waals surface area contributed by atoms with Crippen LogP contribution in [0.25, 0.3) is 0 Å². The van der Waals surface area contributed by atoms with Gasteiger partial charge in [0.1, 0.15) is 5.82 Å². The third kappa shape index (κ3) is 4.23. The fourth-order valence-electron chi connectivity index (χ4n) is 1.76. The van der Waals surface area contributed by atoms with E-state index in [0.29, 0.717) is 18.1 Å². The van der Waals surface area contributed by atoms with Crippen LogP contribution in [0, 0.1) is 17.1 Å². The van der Waals surface area contributed by atoms with Gasteiger partial charge in [-0.25, -0.2) is 4.39 Å². The molecule has 21 heavy (non-hydrogen) atoms. The standard InChI is InChI=1S/C15H13FN4S/c16-12-4-6-14(7-5-12)20(10-2-8-17)15(21)19-13-3-1-9-18-11-13/h1,3-7,9,11H,2,10H2,(H,19,21). The van der Waals surface area contributed by atoms with Crippen molar-refractivity contribution in [2.75, 3.05) is 16.8 Å². The second kappa shape index (κ2) is 7.31. The number of anilines is 2. The van der Waals surface area contributed by atoms with Crippen molar-refractivity contribution in [1.82, 2.24) is 4.98 Å². The molecule has 0 saturated carbocycles. The maximum atomic E-state index is 13.0. The smallest absolute Gasteiger partial charge is 0.178 e. The Labute approximate surface area is 127 Å². The maximum Gasteiger partial charge on any atom is 0.178 e. The maximum absolute atomic E-state index is 13.0. The molecular formula is C15H13FN4S. The Hall–Kier alpha value is -2.52. The second-order valence-corrected chi connectivity index (χ2v) is 4.59. The highest BCUT2D eigenvalue weighted by Crippen LogP contribution is 2.17. The van der Waals surface area contributed by atoms with Gasteiger partial charge in [0.15, 0.2) is 5.11 Å². The lowest BCUT2D eigenvalue weighted by atomic mass is 10.2. The van der Waals surface area contributed by atoms with Crippen LogP contribution >= 0.6 is 12.2 Å². The summed E-state index contributed by atoms with van der Waals surface area (Å²) in [5.74, 6) is -0.315. The molecular weight excluding hydrogens is 287 g/mol. The minimum absolute atomic E-state index is 0.312. The molecule has 2 rings (SSSR count). The van der Waals surface area contributed by atoms with E-state index in [1.54, 1.807) is 35.5 Å². The Morgan fingerprint density at radius 3 is 2.71 bits per heavy atom. The number of nitriles is 1. The number of nitrogens with zero attached hydrogens (tertiary/aromatic N) is 3. The molecule has 106 valence electrons. The van der Waals surface area contributed by atoms with E-state index in [4.69, 9.17) is 17.5 Å². The molecule has 6 heteroatoms. The average Bonchev–Trinajstić information content (AvgIpc) is 2.50. The topological polar surface area (TPSA) is 52.0 Å². The van der Waals surface area contributed by atoms with Crippen LogP contribution in [0.4, 0.5) is 15.8 Å². The predicted molar refractivity (Wildman–Crippen MR) is 84.4 cm³/mol. The van der Waals surface area contributed by atoms with E-state index in [-0.39, 0.29) is 5.82 Å². The van der Waals surface area contributed by atoms with Crippen molar-refractivity contribution in [3.8, 4) is 6.07 Å². The quantitative estimate of drug-likeness (QED) is 0.878. The molecule has 2 aromatic rings. The average molecular weight is 300 g/mol. The second-order valence-electron chi connectivity index (χ2n) is 4.21. The zero-order valence-corrected chi connectivity index (χ0v) is 12.0. The fourth-order valence-corrected chi connectivity index (χ4v) is 2.07. The van der Waals surface area contributed by atoms with Gasteiger partial charge in [-0.15, -0.1) is 0 Å². The molecule has 0 aliphatic carbocycles. The van der Waals surface area contributed by atoms with Gasteiger partial charge < -0.3 is 10.2 Å². The lowest BCUT2D eigenvalue weighted by Gasteiger charge is -2.25. The highest BCUT2D eigenvalue weighted by Gasteiger charge is 2.12. The van der Waals surface area contributed by atoms with Gasteiger partial charge >= 0.3 is 0 Å². The van der Waals surface area contributed by atoms with Crippen molar-refractivity contribution in [2.24, 2.45) is 0 Å². The highest BCUT2D eigenvalue weighted by atomic mass is 32.1. The summed E-state index contributed by atoms with van der Waals surface area (Å²) in [6.07, 6.45) is 3.63. The largest absolute Gasteiger partial charge is 0.331 e. The summed E-state index contributed by atoms with van der Waals surface area (Å²) in [4.78, 5) is 5.76. The first kappa shape index (κ1) is 14.9. The van der Waals surface area contributed by atoms with Crippen LogP contribution < -0.4 is 10.2 Å². The summed E-state index contributed by atoms with van der Waals surface area (Å²) in [7, 11) is 0. The van der Waals surface area contributed by atoms with Crippen molar-refractivity contribution in [3.63, 3.8) is 0 Å². The van der Waals surface area contributed by atoms with Gasteiger partial charge in [0.05, 0.1) is 24.4 Å². The van der Waals surface area contributed by atoms with Gasteiger partial charge in [-0.05, 0) is 48.6 Å². The molecule has 1 heterocycles. The van der Waals surface area contributed by atoms with Crippen LogP contribution in [0.1, 0.15) is 6.42 Å². The molecule has 0 radical (unpaired) electrons. The molecule has 0 unspecified atom stereocenters. The molecule has 0 saturated heterocycles. The number of hydrogen-bond donors (Lipinski definition) is 1. The lowest BCUT2D eigenvalue weighted by Crippen LogP contribution is -2.35.